The van der Waals surface area contributed by atoms with E-state index in [0.717, 1.165) is 51.1 Å². The fourth-order valence-corrected chi connectivity index (χ4v) is 10.4. The van der Waals surface area contributed by atoms with Crippen LogP contribution in [0.5, 0.6) is 0 Å². The highest BCUT2D eigenvalue weighted by atomic mass is 16.5. The van der Waals surface area contributed by atoms with Crippen molar-refractivity contribution in [1.29, 1.82) is 0 Å². The number of nitrogens with one attached hydrogen (secondary N) is 2. The first-order valence-corrected chi connectivity index (χ1v) is 16.2. The maximum atomic E-state index is 12.4. The second kappa shape index (κ2) is 10.6. The summed E-state index contributed by atoms with van der Waals surface area (Å²) in [5.41, 5.74) is 4.88. The number of hydrogen-bond donors (Lipinski definition) is 3. The van der Waals surface area contributed by atoms with Gasteiger partial charge in [0.25, 0.3) is 5.91 Å². The molecule has 41 heavy (non-hydrogen) atoms. The predicted octanol–water partition coefficient (Wildman–Crippen LogP) is 4.48. The molecule has 0 aromatic carbocycles. The van der Waals surface area contributed by atoms with Crippen LogP contribution in [0.2, 0.25) is 0 Å². The van der Waals surface area contributed by atoms with Crippen LogP contribution < -0.4 is 10.6 Å². The van der Waals surface area contributed by atoms with Crippen molar-refractivity contribution in [3.8, 4) is 0 Å². The number of likely N-dealkylation sites (tertiary alicyclic amines) is 1. The van der Waals surface area contributed by atoms with Crippen LogP contribution in [0, 0.1) is 35.0 Å². The van der Waals surface area contributed by atoms with Crippen molar-refractivity contribution in [1.82, 2.24) is 15.5 Å². The van der Waals surface area contributed by atoms with Gasteiger partial charge in [0.05, 0.1) is 23.5 Å². The second-order valence-corrected chi connectivity index (χ2v) is 14.6. The average Bonchev–Trinajstić information content (AvgIpc) is 3.43. The predicted molar refractivity (Wildman–Crippen MR) is 160 cm³/mol. The van der Waals surface area contributed by atoms with Crippen molar-refractivity contribution < 1.29 is 19.4 Å². The van der Waals surface area contributed by atoms with Gasteiger partial charge in [-0.1, -0.05) is 44.6 Å². The monoisotopic (exact) mass is 565 g/mol. The first kappa shape index (κ1) is 29.1. The maximum Gasteiger partial charge on any atom is 0.267 e. The molecule has 9 unspecified atom stereocenters. The Morgan fingerprint density at radius 1 is 1.22 bits per heavy atom. The molecular formula is C34H51N3O4. The number of fused-ring (bicyclic) bond motifs is 6. The minimum absolute atomic E-state index is 0.0932. The summed E-state index contributed by atoms with van der Waals surface area (Å²) >= 11 is 0. The summed E-state index contributed by atoms with van der Waals surface area (Å²) in [7, 11) is 0. The van der Waals surface area contributed by atoms with Crippen LogP contribution in [-0.2, 0) is 14.3 Å². The molecule has 1 spiro atoms. The van der Waals surface area contributed by atoms with Gasteiger partial charge in [-0.15, -0.1) is 0 Å². The van der Waals surface area contributed by atoms with Crippen molar-refractivity contribution in [3.63, 3.8) is 0 Å². The van der Waals surface area contributed by atoms with E-state index in [1.54, 1.807) is 5.57 Å². The standard InChI is InChI=1S/C34H51N3O4/c1-19-15-30-31(37(18-19)14-13-35-32(40)22(4)36-23(5)38)21(3)34(41-30)12-10-26-27-8-7-24-16-25(39)9-11-33(24,6)29(27)17-28(26)20(34)2/h7,19,21,25-27,29-31,39H,4,8-18H2,1-3,5-6H3,(H,35,40)(H,36,38)/t19?,21-,25?,26?,27?,29?,30?,31?,33?,34?/m1/s1. The van der Waals surface area contributed by atoms with Crippen molar-refractivity contribution >= 4 is 11.8 Å². The number of nitrogens with zero attached hydrogens (tertiary/aromatic N) is 1. The SMILES string of the molecule is C=C(NC(C)=O)C(=O)NCCN1CC(C)CC2OC3(CCC4C(=C3C)CC3C4CC=C4CC(O)CCC43C)[C@H](C)C21. The number of allylic oxidation sites excluding steroid dienone is 2. The third-order valence-corrected chi connectivity index (χ3v) is 12.4. The molecule has 0 aromatic rings. The van der Waals surface area contributed by atoms with Gasteiger partial charge < -0.3 is 20.5 Å². The van der Waals surface area contributed by atoms with E-state index in [1.165, 1.54) is 37.3 Å². The van der Waals surface area contributed by atoms with E-state index in [1.807, 2.05) is 0 Å². The number of ether oxygens (including phenoxy) is 1. The lowest BCUT2D eigenvalue weighted by atomic mass is 9.56. The Labute approximate surface area is 246 Å². The number of amides is 2. The lowest BCUT2D eigenvalue weighted by molar-refractivity contribution is -0.122. The van der Waals surface area contributed by atoms with E-state index in [9.17, 15) is 14.7 Å². The lowest BCUT2D eigenvalue weighted by Crippen LogP contribution is -2.54. The van der Waals surface area contributed by atoms with Gasteiger partial charge in [0.15, 0.2) is 0 Å². The summed E-state index contributed by atoms with van der Waals surface area (Å²) in [4.78, 5) is 26.3. The highest BCUT2D eigenvalue weighted by molar-refractivity contribution is 5.96. The van der Waals surface area contributed by atoms with Gasteiger partial charge in [-0.3, -0.25) is 14.5 Å². The smallest absolute Gasteiger partial charge is 0.267 e. The number of carbonyl (C=O) groups excluding carboxylic acids is 2. The quantitative estimate of drug-likeness (QED) is 0.338. The number of aliphatic hydroxyl groups excluding tert-OH is 1. The Morgan fingerprint density at radius 2 is 2.00 bits per heavy atom. The van der Waals surface area contributed by atoms with Crippen molar-refractivity contribution in [3.05, 3.63) is 35.1 Å². The van der Waals surface area contributed by atoms with Gasteiger partial charge in [-0.05, 0) is 93.0 Å². The summed E-state index contributed by atoms with van der Waals surface area (Å²) in [6.45, 7) is 17.0. The molecule has 2 heterocycles. The molecular weight excluding hydrogens is 514 g/mol. The Balaban J connectivity index is 1.20. The van der Waals surface area contributed by atoms with E-state index >= 15 is 0 Å². The van der Waals surface area contributed by atoms with Crippen LogP contribution in [0.25, 0.3) is 0 Å². The molecule has 7 heteroatoms. The van der Waals surface area contributed by atoms with Crippen molar-refractivity contribution in [2.24, 2.45) is 35.0 Å². The molecule has 6 rings (SSSR count). The zero-order chi connectivity index (χ0) is 29.3. The largest absolute Gasteiger partial charge is 0.393 e. The Kier molecular flexibility index (Phi) is 7.56. The molecule has 4 fully saturated rings. The van der Waals surface area contributed by atoms with E-state index in [-0.39, 0.29) is 40.7 Å². The average molecular weight is 566 g/mol. The molecule has 2 saturated carbocycles. The Hall–Kier alpha value is -1.96. The minimum atomic E-state index is -0.325. The van der Waals surface area contributed by atoms with E-state index in [4.69, 9.17) is 4.74 Å². The number of piperidine rings is 1. The van der Waals surface area contributed by atoms with Crippen LogP contribution in [0.3, 0.4) is 0 Å². The zero-order valence-electron chi connectivity index (χ0n) is 25.8. The number of hydrogen-bond acceptors (Lipinski definition) is 5. The van der Waals surface area contributed by atoms with Gasteiger partial charge >= 0.3 is 0 Å². The molecule has 10 atom stereocenters. The van der Waals surface area contributed by atoms with E-state index in [0.29, 0.717) is 36.3 Å². The highest BCUT2D eigenvalue weighted by Crippen LogP contribution is 2.65. The molecule has 4 aliphatic carbocycles. The first-order chi connectivity index (χ1) is 19.4. The fourth-order valence-electron chi connectivity index (χ4n) is 10.4. The maximum absolute atomic E-state index is 12.4. The van der Waals surface area contributed by atoms with Gasteiger partial charge in [0, 0.05) is 38.5 Å². The van der Waals surface area contributed by atoms with Crippen molar-refractivity contribution in [2.75, 3.05) is 19.6 Å². The molecule has 2 saturated heterocycles. The first-order valence-electron chi connectivity index (χ1n) is 16.2. The van der Waals surface area contributed by atoms with Gasteiger partial charge in [-0.2, -0.15) is 0 Å². The molecule has 2 aliphatic heterocycles. The molecule has 7 nitrogen and oxygen atoms in total. The number of rotatable bonds is 5. The molecule has 226 valence electrons. The van der Waals surface area contributed by atoms with E-state index < -0.39 is 0 Å². The summed E-state index contributed by atoms with van der Waals surface area (Å²) < 4.78 is 7.24. The number of aliphatic hydroxyl groups is 1. The van der Waals surface area contributed by atoms with Crippen molar-refractivity contribution in [2.45, 2.75) is 110 Å². The summed E-state index contributed by atoms with van der Waals surface area (Å²) in [6, 6.07) is 0.336. The normalized spacial score (nSPS) is 43.5. The third-order valence-electron chi connectivity index (χ3n) is 12.4. The zero-order valence-corrected chi connectivity index (χ0v) is 25.8. The van der Waals surface area contributed by atoms with Gasteiger partial charge in [0.1, 0.15) is 0 Å². The van der Waals surface area contributed by atoms with Crippen LogP contribution >= 0.6 is 0 Å². The second-order valence-electron chi connectivity index (χ2n) is 14.6. The molecule has 0 aromatic heterocycles. The van der Waals surface area contributed by atoms with Crippen LogP contribution in [-0.4, -0.2) is 65.3 Å². The van der Waals surface area contributed by atoms with Gasteiger partial charge in [0.2, 0.25) is 5.91 Å². The summed E-state index contributed by atoms with van der Waals surface area (Å²) in [5, 5.41) is 15.8. The topological polar surface area (TPSA) is 90.9 Å². The number of carbonyl (C=O) groups is 2. The third kappa shape index (κ3) is 4.75. The molecule has 3 N–H and O–H groups in total. The van der Waals surface area contributed by atoms with Crippen LogP contribution in [0.4, 0.5) is 0 Å². The van der Waals surface area contributed by atoms with Gasteiger partial charge in [-0.25, -0.2) is 0 Å². The minimum Gasteiger partial charge on any atom is -0.393 e. The molecule has 0 radical (unpaired) electrons. The Morgan fingerprint density at radius 3 is 2.76 bits per heavy atom. The van der Waals surface area contributed by atoms with Crippen LogP contribution in [0.1, 0.15) is 86.0 Å². The lowest BCUT2D eigenvalue weighted by Gasteiger charge is -2.49. The van der Waals surface area contributed by atoms with E-state index in [2.05, 4.69) is 55.9 Å². The molecule has 6 aliphatic rings. The summed E-state index contributed by atoms with van der Waals surface area (Å²) in [5.74, 6) is 2.40. The Bertz CT molecular complexity index is 1180. The van der Waals surface area contributed by atoms with Crippen LogP contribution in [0.15, 0.2) is 35.1 Å². The fraction of sp³-hybridized carbons (Fsp3) is 0.765. The molecule has 0 bridgehead atoms. The highest BCUT2D eigenvalue weighted by Gasteiger charge is 2.61. The molecule has 2 amide bonds. The summed E-state index contributed by atoms with van der Waals surface area (Å²) in [6.07, 6.45) is 11.3.